The Morgan fingerprint density at radius 2 is 1.58 bits per heavy atom. The molecule has 2 heterocycles. The number of carbonyl (C=O) groups is 1. The Balaban J connectivity index is 1.33. The van der Waals surface area contributed by atoms with Crippen LogP contribution in [-0.4, -0.2) is 33.7 Å². The van der Waals surface area contributed by atoms with Crippen LogP contribution in [-0.2, 0) is 12.8 Å². The van der Waals surface area contributed by atoms with Crippen molar-refractivity contribution in [3.63, 3.8) is 0 Å². The molecule has 0 atom stereocenters. The molecule has 45 heavy (non-hydrogen) atoms. The van der Waals surface area contributed by atoms with Crippen molar-refractivity contribution in [1.29, 1.82) is 0 Å². The van der Waals surface area contributed by atoms with Crippen molar-refractivity contribution in [2.45, 2.75) is 46.4 Å². The third-order valence-electron chi connectivity index (χ3n) is 7.01. The summed E-state index contributed by atoms with van der Waals surface area (Å²) in [4.78, 5) is 17.7. The van der Waals surface area contributed by atoms with Gasteiger partial charge in [-0.25, -0.2) is 9.50 Å². The molecule has 1 amide bonds. The summed E-state index contributed by atoms with van der Waals surface area (Å²) in [5.74, 6) is 1.47. The van der Waals surface area contributed by atoms with Crippen LogP contribution < -0.4 is 19.5 Å². The quantitative estimate of drug-likeness (QED) is 0.161. The van der Waals surface area contributed by atoms with Crippen LogP contribution in [0.4, 0.5) is 18.9 Å². The third kappa shape index (κ3) is 7.19. The van der Waals surface area contributed by atoms with Gasteiger partial charge in [0.05, 0.1) is 25.1 Å². The zero-order chi connectivity index (χ0) is 32.1. The van der Waals surface area contributed by atoms with Gasteiger partial charge in [0.1, 0.15) is 17.9 Å². The third-order valence-corrected chi connectivity index (χ3v) is 7.01. The van der Waals surface area contributed by atoms with E-state index in [1.54, 1.807) is 36.4 Å². The summed E-state index contributed by atoms with van der Waals surface area (Å²) < 4.78 is 59.9. The van der Waals surface area contributed by atoms with E-state index in [4.69, 9.17) is 14.2 Å². The van der Waals surface area contributed by atoms with Gasteiger partial charge < -0.3 is 19.5 Å². The molecule has 11 heteroatoms. The number of nitrogens with one attached hydrogen (secondary N) is 1. The highest BCUT2D eigenvalue weighted by atomic mass is 19.4. The molecular formula is C34H33F3N4O4. The van der Waals surface area contributed by atoms with E-state index in [2.05, 4.69) is 15.4 Å². The van der Waals surface area contributed by atoms with Crippen molar-refractivity contribution in [3.8, 4) is 28.5 Å². The zero-order valence-electron chi connectivity index (χ0n) is 25.3. The molecule has 0 saturated heterocycles. The summed E-state index contributed by atoms with van der Waals surface area (Å²) >= 11 is 0. The smallest absolute Gasteiger partial charge is 0.433 e. The molecule has 0 fully saturated rings. The summed E-state index contributed by atoms with van der Waals surface area (Å²) in [5, 5.41) is 6.57. The second-order valence-corrected chi connectivity index (χ2v) is 10.5. The number of carbonyl (C=O) groups excluding carboxylic acids is 1. The van der Waals surface area contributed by atoms with Gasteiger partial charge in [0, 0.05) is 11.3 Å². The summed E-state index contributed by atoms with van der Waals surface area (Å²) in [6, 6.07) is 20.3. The fraction of sp³-hybridized carbons (Fsp3) is 0.265. The first-order valence-corrected chi connectivity index (χ1v) is 14.6. The van der Waals surface area contributed by atoms with E-state index in [1.807, 2.05) is 58.0 Å². The lowest BCUT2D eigenvalue weighted by molar-refractivity contribution is -0.142. The van der Waals surface area contributed by atoms with E-state index in [0.717, 1.165) is 23.4 Å². The molecule has 0 unspecified atom stereocenters. The van der Waals surface area contributed by atoms with Crippen LogP contribution in [0.2, 0.25) is 0 Å². The number of benzene rings is 3. The zero-order valence-corrected chi connectivity index (χ0v) is 25.3. The molecule has 5 rings (SSSR count). The molecule has 2 aromatic heterocycles. The van der Waals surface area contributed by atoms with Crippen LogP contribution in [0.25, 0.3) is 16.9 Å². The Kier molecular flexibility index (Phi) is 9.26. The van der Waals surface area contributed by atoms with Gasteiger partial charge in [-0.1, -0.05) is 44.2 Å². The Morgan fingerprint density at radius 1 is 0.889 bits per heavy atom. The van der Waals surface area contributed by atoms with Gasteiger partial charge in [-0.3, -0.25) is 4.79 Å². The maximum absolute atomic E-state index is 14.0. The highest BCUT2D eigenvalue weighted by Crippen LogP contribution is 2.34. The van der Waals surface area contributed by atoms with Gasteiger partial charge in [0.15, 0.2) is 22.8 Å². The number of aromatic nitrogens is 3. The minimum absolute atomic E-state index is 0.0853. The highest BCUT2D eigenvalue weighted by molar-refractivity contribution is 6.08. The van der Waals surface area contributed by atoms with Crippen LogP contribution >= 0.6 is 0 Å². The SMILES string of the molecule is CCOc1ccc(COc2ccc(NC(=O)c3cnn4c(C(F)(F)F)cc(-c5ccc(C(C)C)cc5)nc34)cc2)cc1OCC. The van der Waals surface area contributed by atoms with E-state index in [9.17, 15) is 18.0 Å². The molecule has 0 radical (unpaired) electrons. The fourth-order valence-electron chi connectivity index (χ4n) is 4.70. The molecule has 0 aliphatic rings. The van der Waals surface area contributed by atoms with E-state index in [1.165, 1.54) is 0 Å². The van der Waals surface area contributed by atoms with Crippen molar-refractivity contribution in [1.82, 2.24) is 14.6 Å². The minimum atomic E-state index is -4.72. The number of hydrogen-bond acceptors (Lipinski definition) is 6. The van der Waals surface area contributed by atoms with Crippen LogP contribution in [0.15, 0.2) is 79.0 Å². The maximum atomic E-state index is 14.0. The standard InChI is InChI=1S/C34H33F3N4O4/c1-5-43-29-16-7-22(17-30(29)44-6-2)20-45-26-14-12-25(13-15-26)39-33(42)27-19-38-41-31(34(35,36)37)18-28(40-32(27)41)24-10-8-23(9-11-24)21(3)4/h7-19,21H,5-6,20H2,1-4H3,(H,39,42). The average Bonchev–Trinajstić information content (AvgIpc) is 3.45. The number of anilines is 1. The number of rotatable bonds is 11. The topological polar surface area (TPSA) is 87.0 Å². The summed E-state index contributed by atoms with van der Waals surface area (Å²) in [6.07, 6.45) is -3.64. The predicted molar refractivity (Wildman–Crippen MR) is 165 cm³/mol. The number of halogens is 3. The lowest BCUT2D eigenvalue weighted by atomic mass is 10.0. The Morgan fingerprint density at radius 3 is 2.22 bits per heavy atom. The second kappa shape index (κ2) is 13.3. The largest absolute Gasteiger partial charge is 0.490 e. The monoisotopic (exact) mass is 618 g/mol. The van der Waals surface area contributed by atoms with Gasteiger partial charge in [-0.05, 0) is 73.4 Å². The molecule has 3 aromatic carbocycles. The Hall–Kier alpha value is -5.06. The number of amides is 1. The van der Waals surface area contributed by atoms with Gasteiger partial charge in [-0.2, -0.15) is 18.3 Å². The lowest BCUT2D eigenvalue weighted by Crippen LogP contribution is -2.15. The van der Waals surface area contributed by atoms with Crippen LogP contribution in [0.5, 0.6) is 17.2 Å². The van der Waals surface area contributed by atoms with Crippen molar-refractivity contribution in [3.05, 3.63) is 101 Å². The molecule has 5 aromatic rings. The van der Waals surface area contributed by atoms with Crippen molar-refractivity contribution >= 4 is 17.2 Å². The van der Waals surface area contributed by atoms with Crippen LogP contribution in [0.3, 0.4) is 0 Å². The molecule has 234 valence electrons. The predicted octanol–water partition coefficient (Wildman–Crippen LogP) is 8.17. The number of ether oxygens (including phenoxy) is 3. The Labute approximate surface area is 258 Å². The first-order chi connectivity index (χ1) is 21.6. The summed E-state index contributed by atoms with van der Waals surface area (Å²) in [5.41, 5.74) is 1.60. The van der Waals surface area contributed by atoms with Crippen LogP contribution in [0, 0.1) is 0 Å². The minimum Gasteiger partial charge on any atom is -0.490 e. The number of fused-ring (bicyclic) bond motifs is 1. The molecule has 8 nitrogen and oxygen atoms in total. The summed E-state index contributed by atoms with van der Waals surface area (Å²) in [7, 11) is 0. The number of nitrogens with zero attached hydrogens (tertiary/aromatic N) is 3. The van der Waals surface area contributed by atoms with E-state index in [0.29, 0.717) is 46.2 Å². The van der Waals surface area contributed by atoms with Gasteiger partial charge in [0.2, 0.25) is 0 Å². The maximum Gasteiger partial charge on any atom is 0.433 e. The Bertz CT molecular complexity index is 1780. The molecule has 0 aliphatic heterocycles. The fourth-order valence-corrected chi connectivity index (χ4v) is 4.70. The van der Waals surface area contributed by atoms with E-state index >= 15 is 0 Å². The van der Waals surface area contributed by atoms with Gasteiger partial charge >= 0.3 is 6.18 Å². The number of alkyl halides is 3. The molecule has 0 aliphatic carbocycles. The van der Waals surface area contributed by atoms with Crippen molar-refractivity contribution < 1.29 is 32.2 Å². The van der Waals surface area contributed by atoms with E-state index in [-0.39, 0.29) is 29.4 Å². The highest BCUT2D eigenvalue weighted by Gasteiger charge is 2.36. The normalized spacial score (nSPS) is 11.6. The molecular weight excluding hydrogens is 585 g/mol. The molecule has 1 N–H and O–H groups in total. The second-order valence-electron chi connectivity index (χ2n) is 10.5. The van der Waals surface area contributed by atoms with E-state index < -0.39 is 17.8 Å². The van der Waals surface area contributed by atoms with Crippen molar-refractivity contribution in [2.75, 3.05) is 18.5 Å². The molecule has 0 bridgehead atoms. The first-order valence-electron chi connectivity index (χ1n) is 14.6. The van der Waals surface area contributed by atoms with Gasteiger partial charge in [-0.15, -0.1) is 0 Å². The lowest BCUT2D eigenvalue weighted by Gasteiger charge is -2.13. The number of hydrogen-bond donors (Lipinski definition) is 1. The average molecular weight is 619 g/mol. The molecule has 0 spiro atoms. The van der Waals surface area contributed by atoms with Crippen LogP contribution in [0.1, 0.15) is 60.8 Å². The van der Waals surface area contributed by atoms with Gasteiger partial charge in [0.25, 0.3) is 5.91 Å². The summed E-state index contributed by atoms with van der Waals surface area (Å²) in [6.45, 7) is 9.16. The van der Waals surface area contributed by atoms with Crippen molar-refractivity contribution in [2.24, 2.45) is 0 Å². The molecule has 0 saturated carbocycles. The first kappa shape index (κ1) is 31.4.